The molecule has 0 heterocycles. The van der Waals surface area contributed by atoms with E-state index in [1.165, 1.54) is 37.7 Å². The molecule has 1 saturated carbocycles. The molecule has 0 aromatic heterocycles. The molecule has 1 aromatic carbocycles. The number of amidine groups is 1. The number of nitrogens with zero attached hydrogens (tertiary/aromatic N) is 1. The highest BCUT2D eigenvalue weighted by Gasteiger charge is 2.19. The Balaban J connectivity index is 2.04. The quantitative estimate of drug-likeness (QED) is 0.630. The molecule has 3 heteroatoms. The topological polar surface area (TPSA) is 53.1 Å². The summed E-state index contributed by atoms with van der Waals surface area (Å²) in [5.41, 5.74) is 7.65. The van der Waals surface area contributed by atoms with E-state index >= 15 is 0 Å². The third kappa shape index (κ3) is 3.80. The molecule has 1 fully saturated rings. The molecule has 3 nitrogen and oxygen atoms in total. The first-order valence-corrected chi connectivity index (χ1v) is 7.38. The van der Waals surface area contributed by atoms with Crippen LogP contribution in [-0.4, -0.2) is 23.3 Å². The smallest absolute Gasteiger partial charge is 0.122 e. The maximum Gasteiger partial charge on any atom is 0.122 e. The predicted octanol–water partition coefficient (Wildman–Crippen LogP) is 3.13. The van der Waals surface area contributed by atoms with Crippen molar-refractivity contribution in [3.05, 3.63) is 35.4 Å². The molecule has 3 N–H and O–H groups in total. The monoisotopic (exact) mass is 259 g/mol. The highest BCUT2D eigenvalue weighted by atomic mass is 15.1. The van der Waals surface area contributed by atoms with Gasteiger partial charge in [-0.15, -0.1) is 0 Å². The van der Waals surface area contributed by atoms with E-state index in [1.54, 1.807) is 0 Å². The van der Waals surface area contributed by atoms with Crippen molar-refractivity contribution in [1.82, 2.24) is 4.90 Å². The molecule has 1 aliphatic rings. The Kier molecular flexibility index (Phi) is 4.97. The van der Waals surface area contributed by atoms with Gasteiger partial charge in [0.05, 0.1) is 0 Å². The van der Waals surface area contributed by atoms with Crippen LogP contribution in [0.1, 0.15) is 50.2 Å². The summed E-state index contributed by atoms with van der Waals surface area (Å²) in [6, 6.07) is 8.83. The van der Waals surface area contributed by atoms with Gasteiger partial charge < -0.3 is 5.73 Å². The molecule has 2 rings (SSSR count). The van der Waals surface area contributed by atoms with Gasteiger partial charge >= 0.3 is 0 Å². The lowest BCUT2D eigenvalue weighted by Gasteiger charge is -2.33. The fraction of sp³-hybridized carbons (Fsp3) is 0.562. The Hall–Kier alpha value is -1.35. The van der Waals surface area contributed by atoms with Crippen LogP contribution < -0.4 is 5.73 Å². The van der Waals surface area contributed by atoms with Crippen LogP contribution in [0.2, 0.25) is 0 Å². The van der Waals surface area contributed by atoms with Gasteiger partial charge in [0.15, 0.2) is 0 Å². The maximum absolute atomic E-state index is 7.52. The minimum atomic E-state index is 0.155. The second-order valence-electron chi connectivity index (χ2n) is 5.47. The van der Waals surface area contributed by atoms with Gasteiger partial charge in [0.2, 0.25) is 0 Å². The highest BCUT2D eigenvalue weighted by Crippen LogP contribution is 2.24. The fourth-order valence-corrected chi connectivity index (χ4v) is 3.02. The van der Waals surface area contributed by atoms with Gasteiger partial charge in [0.1, 0.15) is 5.84 Å². The lowest BCUT2D eigenvalue weighted by Crippen LogP contribution is -2.36. The molecule has 0 bridgehead atoms. The zero-order valence-corrected chi connectivity index (χ0v) is 11.9. The fourth-order valence-electron chi connectivity index (χ4n) is 3.02. The predicted molar refractivity (Wildman–Crippen MR) is 80.4 cm³/mol. The van der Waals surface area contributed by atoms with E-state index in [1.807, 2.05) is 18.2 Å². The number of benzene rings is 1. The van der Waals surface area contributed by atoms with Gasteiger partial charge in [-0.25, -0.2) is 0 Å². The van der Waals surface area contributed by atoms with Gasteiger partial charge in [-0.05, 0) is 31.0 Å². The number of hydrogen-bond acceptors (Lipinski definition) is 2. The Morgan fingerprint density at radius 2 is 2.05 bits per heavy atom. The lowest BCUT2D eigenvalue weighted by molar-refractivity contribution is 0.156. The number of nitrogens with one attached hydrogen (secondary N) is 1. The second-order valence-corrected chi connectivity index (χ2v) is 5.47. The molecule has 19 heavy (non-hydrogen) atoms. The van der Waals surface area contributed by atoms with Crippen LogP contribution >= 0.6 is 0 Å². The number of nitrogens with two attached hydrogens (primary N) is 1. The van der Waals surface area contributed by atoms with Crippen LogP contribution in [-0.2, 0) is 6.54 Å². The van der Waals surface area contributed by atoms with Crippen LogP contribution in [0.5, 0.6) is 0 Å². The number of rotatable bonds is 5. The number of nitrogen functional groups attached to an aromatic ring is 1. The highest BCUT2D eigenvalue weighted by molar-refractivity contribution is 5.95. The molecule has 0 spiro atoms. The van der Waals surface area contributed by atoms with Crippen molar-refractivity contribution in [2.45, 2.75) is 51.6 Å². The minimum absolute atomic E-state index is 0.155. The first-order valence-electron chi connectivity index (χ1n) is 7.38. The lowest BCUT2D eigenvalue weighted by atomic mass is 9.94. The molecule has 0 unspecified atom stereocenters. The van der Waals surface area contributed by atoms with Crippen molar-refractivity contribution in [2.75, 3.05) is 6.54 Å². The zero-order valence-electron chi connectivity index (χ0n) is 11.9. The Morgan fingerprint density at radius 3 is 2.68 bits per heavy atom. The summed E-state index contributed by atoms with van der Waals surface area (Å²) in [5.74, 6) is 0.155. The van der Waals surface area contributed by atoms with Gasteiger partial charge in [-0.3, -0.25) is 10.3 Å². The van der Waals surface area contributed by atoms with Crippen molar-refractivity contribution in [3.63, 3.8) is 0 Å². The molecular formula is C16H25N3. The van der Waals surface area contributed by atoms with E-state index < -0.39 is 0 Å². The van der Waals surface area contributed by atoms with Gasteiger partial charge in [-0.1, -0.05) is 44.4 Å². The van der Waals surface area contributed by atoms with E-state index in [2.05, 4.69) is 17.9 Å². The molecular weight excluding hydrogens is 234 g/mol. The molecule has 0 amide bonds. The van der Waals surface area contributed by atoms with Crippen LogP contribution in [0.3, 0.4) is 0 Å². The SMILES string of the molecule is CCN(Cc1cccc(C(=N)N)c1)C1CCCCC1. The second kappa shape index (κ2) is 6.71. The largest absolute Gasteiger partial charge is 0.384 e. The molecule has 1 aromatic rings. The van der Waals surface area contributed by atoms with Crippen molar-refractivity contribution >= 4 is 5.84 Å². The van der Waals surface area contributed by atoms with Crippen molar-refractivity contribution in [1.29, 1.82) is 5.41 Å². The van der Waals surface area contributed by atoms with E-state index in [-0.39, 0.29) is 5.84 Å². The van der Waals surface area contributed by atoms with Crippen molar-refractivity contribution < 1.29 is 0 Å². The van der Waals surface area contributed by atoms with Gasteiger partial charge in [0.25, 0.3) is 0 Å². The average Bonchev–Trinajstić information content (AvgIpc) is 2.46. The van der Waals surface area contributed by atoms with Crippen molar-refractivity contribution in [3.8, 4) is 0 Å². The summed E-state index contributed by atoms with van der Waals surface area (Å²) in [6.45, 7) is 4.31. The third-order valence-electron chi connectivity index (χ3n) is 4.12. The van der Waals surface area contributed by atoms with Crippen LogP contribution in [0, 0.1) is 5.41 Å². The van der Waals surface area contributed by atoms with E-state index in [9.17, 15) is 0 Å². The first kappa shape index (κ1) is 14.1. The summed E-state index contributed by atoms with van der Waals surface area (Å²) < 4.78 is 0. The van der Waals surface area contributed by atoms with Crippen LogP contribution in [0.4, 0.5) is 0 Å². The van der Waals surface area contributed by atoms with Gasteiger partial charge in [0, 0.05) is 18.2 Å². The Labute approximate surface area is 116 Å². The summed E-state index contributed by atoms with van der Waals surface area (Å²) in [4.78, 5) is 2.57. The summed E-state index contributed by atoms with van der Waals surface area (Å²) in [6.07, 6.45) is 6.80. The Bertz CT molecular complexity index is 422. The van der Waals surface area contributed by atoms with E-state index in [4.69, 9.17) is 11.1 Å². The maximum atomic E-state index is 7.52. The minimum Gasteiger partial charge on any atom is -0.384 e. The molecule has 0 radical (unpaired) electrons. The summed E-state index contributed by atoms with van der Waals surface area (Å²) >= 11 is 0. The standard InChI is InChI=1S/C16H25N3/c1-2-19(15-9-4-3-5-10-15)12-13-7-6-8-14(11-13)16(17)18/h6-8,11,15H,2-5,9-10,12H2,1H3,(H3,17,18). The summed E-state index contributed by atoms with van der Waals surface area (Å²) in [7, 11) is 0. The molecule has 0 saturated heterocycles. The normalized spacial score (nSPS) is 16.7. The van der Waals surface area contributed by atoms with Crippen molar-refractivity contribution in [2.24, 2.45) is 5.73 Å². The Morgan fingerprint density at radius 1 is 1.32 bits per heavy atom. The molecule has 104 valence electrons. The zero-order chi connectivity index (χ0) is 13.7. The van der Waals surface area contributed by atoms with Crippen LogP contribution in [0.25, 0.3) is 0 Å². The molecule has 1 aliphatic carbocycles. The number of hydrogen-bond donors (Lipinski definition) is 2. The average molecular weight is 259 g/mol. The van der Waals surface area contributed by atoms with Crippen LogP contribution in [0.15, 0.2) is 24.3 Å². The third-order valence-corrected chi connectivity index (χ3v) is 4.12. The first-order chi connectivity index (χ1) is 9.20. The molecule has 0 aliphatic heterocycles. The molecule has 0 atom stereocenters. The summed E-state index contributed by atoms with van der Waals surface area (Å²) in [5, 5.41) is 7.52. The van der Waals surface area contributed by atoms with E-state index in [0.29, 0.717) is 0 Å². The van der Waals surface area contributed by atoms with E-state index in [0.717, 1.165) is 24.7 Å². The van der Waals surface area contributed by atoms with Gasteiger partial charge in [-0.2, -0.15) is 0 Å².